The Morgan fingerprint density at radius 3 is 2.00 bits per heavy atom. The summed E-state index contributed by atoms with van der Waals surface area (Å²) in [5.41, 5.74) is 13.8. The summed E-state index contributed by atoms with van der Waals surface area (Å²) in [6.07, 6.45) is 21.2. The van der Waals surface area contributed by atoms with Gasteiger partial charge in [-0.25, -0.2) is 0 Å². The number of para-hydroxylation sites is 1. The van der Waals surface area contributed by atoms with Crippen LogP contribution in [-0.4, -0.2) is 9.13 Å². The molecule has 2 heteroatoms. The Morgan fingerprint density at radius 1 is 0.745 bits per heavy atom. The quantitative estimate of drug-likeness (QED) is 0.128. The van der Waals surface area contributed by atoms with Gasteiger partial charge in [0.2, 0.25) is 0 Å². The molecule has 6 rings (SSSR count). The zero-order valence-electron chi connectivity index (χ0n) is 31.9. The molecule has 2 aromatic heterocycles. The van der Waals surface area contributed by atoms with E-state index in [2.05, 4.69) is 192 Å². The van der Waals surface area contributed by atoms with Gasteiger partial charge in [0.1, 0.15) is 0 Å². The summed E-state index contributed by atoms with van der Waals surface area (Å²) in [7, 11) is 2.13. The van der Waals surface area contributed by atoms with Gasteiger partial charge in [0.25, 0.3) is 0 Å². The number of hydrogen-bond acceptors (Lipinski definition) is 0. The molecule has 1 atom stereocenters. The lowest BCUT2D eigenvalue weighted by atomic mass is 9.95. The molecule has 0 radical (unpaired) electrons. The number of fused-ring (bicyclic) bond motifs is 4. The van der Waals surface area contributed by atoms with E-state index in [0.717, 1.165) is 18.5 Å². The van der Waals surface area contributed by atoms with Crippen molar-refractivity contribution < 1.29 is 0 Å². The van der Waals surface area contributed by atoms with Gasteiger partial charge in [-0.05, 0) is 125 Å². The summed E-state index contributed by atoms with van der Waals surface area (Å²) in [4.78, 5) is 0. The second kappa shape index (κ2) is 17.1. The first-order valence-electron chi connectivity index (χ1n) is 18.3. The first-order chi connectivity index (χ1) is 24.7. The molecule has 1 unspecified atom stereocenters. The summed E-state index contributed by atoms with van der Waals surface area (Å²) in [5, 5.41) is 3.83. The van der Waals surface area contributed by atoms with Crippen LogP contribution in [0.3, 0.4) is 0 Å². The Labute approximate surface area is 306 Å². The first kappa shape index (κ1) is 36.9. The van der Waals surface area contributed by atoms with E-state index in [-0.39, 0.29) is 0 Å². The maximum absolute atomic E-state index is 4.11. The minimum atomic E-state index is 0.428. The number of rotatable bonds is 10. The molecule has 0 saturated heterocycles. The lowest BCUT2D eigenvalue weighted by molar-refractivity contribution is 0.782. The molecular weight excluding hydrogens is 617 g/mol. The zero-order chi connectivity index (χ0) is 36.5. The highest BCUT2D eigenvalue weighted by Crippen LogP contribution is 2.38. The first-order valence-corrected chi connectivity index (χ1v) is 18.3. The highest BCUT2D eigenvalue weighted by Gasteiger charge is 2.17. The van der Waals surface area contributed by atoms with E-state index in [9.17, 15) is 0 Å². The molecule has 260 valence electrons. The maximum atomic E-state index is 4.11. The van der Waals surface area contributed by atoms with E-state index < -0.39 is 0 Å². The maximum Gasteiger partial charge on any atom is 0.0541 e. The third-order valence-electron chi connectivity index (χ3n) is 9.68. The Bertz CT molecular complexity index is 2290. The summed E-state index contributed by atoms with van der Waals surface area (Å²) in [6.45, 7) is 19.1. The van der Waals surface area contributed by atoms with Crippen molar-refractivity contribution in [3.8, 4) is 16.8 Å². The van der Waals surface area contributed by atoms with Gasteiger partial charge in [0.05, 0.1) is 11.0 Å². The number of hydrogen-bond donors (Lipinski definition) is 0. The smallest absolute Gasteiger partial charge is 0.0541 e. The van der Waals surface area contributed by atoms with Gasteiger partial charge in [-0.2, -0.15) is 0 Å². The lowest BCUT2D eigenvalue weighted by Gasteiger charge is -2.11. The van der Waals surface area contributed by atoms with Crippen LogP contribution < -0.4 is 0 Å². The minimum absolute atomic E-state index is 0.428. The fourth-order valence-electron chi connectivity index (χ4n) is 6.73. The van der Waals surface area contributed by atoms with Crippen molar-refractivity contribution in [3.63, 3.8) is 0 Å². The summed E-state index contributed by atoms with van der Waals surface area (Å²) < 4.78 is 4.65. The molecule has 4 aromatic carbocycles. The molecule has 0 N–H and O–H groups in total. The predicted molar refractivity (Wildman–Crippen MR) is 228 cm³/mol. The SMILES string of the molecule is C/C=C\C=C(\C)CC.C=Cc1c(C=C(C)C)c2cc(-c3ccc4c(c3)c3cc(C(C)C/C=C\C=C/C)ccc3n4-c3ccccc3)ccc2n1C. The standard InChI is InChI=1S/C41H40N2.C8H14/c1-7-9-10-12-15-29(5)30-18-22-40-36(25-30)37-27-32(20-23-41(37)43(40)33-16-13-11-14-17-33)31-19-21-39-35(26-31)34(24-28(3)4)38(8-2)42(39)6;1-4-6-7-8(3)5-2/h7-14,16-27,29H,2,15H2,1,3-6H3;4,6-7H,5H2,1-3H3/b9-7-,12-10-;6-4-,8-7-. The number of allylic oxidation sites excluding steroid dienone is 9. The van der Waals surface area contributed by atoms with Crippen LogP contribution in [0.5, 0.6) is 0 Å². The molecule has 2 nitrogen and oxygen atoms in total. The summed E-state index contributed by atoms with van der Waals surface area (Å²) >= 11 is 0. The van der Waals surface area contributed by atoms with Gasteiger partial charge in [0, 0.05) is 45.7 Å². The summed E-state index contributed by atoms with van der Waals surface area (Å²) in [5.74, 6) is 0.428. The number of aryl methyl sites for hydroxylation is 1. The molecule has 0 spiro atoms. The fourth-order valence-corrected chi connectivity index (χ4v) is 6.73. The van der Waals surface area contributed by atoms with Gasteiger partial charge in [-0.3, -0.25) is 0 Å². The van der Waals surface area contributed by atoms with Crippen molar-refractivity contribution in [2.24, 2.45) is 7.05 Å². The van der Waals surface area contributed by atoms with E-state index in [4.69, 9.17) is 0 Å². The molecule has 0 amide bonds. The monoisotopic (exact) mass is 670 g/mol. The van der Waals surface area contributed by atoms with Crippen LogP contribution in [0.4, 0.5) is 0 Å². The molecule has 6 aromatic rings. The van der Waals surface area contributed by atoms with Gasteiger partial charge < -0.3 is 9.13 Å². The number of benzene rings is 4. The van der Waals surface area contributed by atoms with Crippen molar-refractivity contribution in [3.05, 3.63) is 162 Å². The number of aromatic nitrogens is 2. The molecule has 51 heavy (non-hydrogen) atoms. The molecule has 0 bridgehead atoms. The van der Waals surface area contributed by atoms with Crippen LogP contribution in [-0.2, 0) is 7.05 Å². The average Bonchev–Trinajstić information content (AvgIpc) is 3.61. The largest absolute Gasteiger partial charge is 0.344 e. The molecule has 0 aliphatic carbocycles. The van der Waals surface area contributed by atoms with E-state index in [1.807, 2.05) is 19.1 Å². The van der Waals surface area contributed by atoms with Crippen molar-refractivity contribution >= 4 is 44.9 Å². The van der Waals surface area contributed by atoms with Crippen LogP contribution >= 0.6 is 0 Å². The zero-order valence-corrected chi connectivity index (χ0v) is 31.9. The molecule has 0 aliphatic rings. The van der Waals surface area contributed by atoms with Crippen LogP contribution in [0, 0.1) is 0 Å². The van der Waals surface area contributed by atoms with Crippen molar-refractivity contribution in [1.29, 1.82) is 0 Å². The Morgan fingerprint density at radius 2 is 1.37 bits per heavy atom. The Balaban J connectivity index is 0.000000565. The highest BCUT2D eigenvalue weighted by molar-refractivity contribution is 6.11. The van der Waals surface area contributed by atoms with Crippen molar-refractivity contribution in [2.45, 2.75) is 67.2 Å². The Kier molecular flexibility index (Phi) is 12.3. The van der Waals surface area contributed by atoms with E-state index in [1.54, 1.807) is 0 Å². The van der Waals surface area contributed by atoms with Crippen LogP contribution in [0.2, 0.25) is 0 Å². The lowest BCUT2D eigenvalue weighted by Crippen LogP contribution is -1.94. The average molecular weight is 671 g/mol. The van der Waals surface area contributed by atoms with E-state index in [1.165, 1.54) is 71.8 Å². The summed E-state index contributed by atoms with van der Waals surface area (Å²) in [6, 6.07) is 31.5. The van der Waals surface area contributed by atoms with Crippen molar-refractivity contribution in [1.82, 2.24) is 9.13 Å². The molecular formula is C49H54N2. The fraction of sp³-hybridized carbons (Fsp3) is 0.224. The van der Waals surface area contributed by atoms with Crippen LogP contribution in [0.1, 0.15) is 84.0 Å². The topological polar surface area (TPSA) is 9.86 Å². The molecule has 0 saturated carbocycles. The van der Waals surface area contributed by atoms with Gasteiger partial charge >= 0.3 is 0 Å². The van der Waals surface area contributed by atoms with Crippen LogP contribution in [0.25, 0.3) is 61.7 Å². The highest BCUT2D eigenvalue weighted by atomic mass is 15.0. The van der Waals surface area contributed by atoms with Gasteiger partial charge in [-0.15, -0.1) is 0 Å². The second-order valence-corrected chi connectivity index (χ2v) is 13.7. The number of nitrogens with zero attached hydrogens (tertiary/aromatic N) is 2. The van der Waals surface area contributed by atoms with E-state index in [0.29, 0.717) is 5.92 Å². The second-order valence-electron chi connectivity index (χ2n) is 13.7. The molecule has 0 fully saturated rings. The molecule has 2 heterocycles. The van der Waals surface area contributed by atoms with Crippen LogP contribution in [0.15, 0.2) is 145 Å². The predicted octanol–water partition coefficient (Wildman–Crippen LogP) is 14.6. The van der Waals surface area contributed by atoms with E-state index >= 15 is 0 Å². The van der Waals surface area contributed by atoms with Gasteiger partial charge in [0.15, 0.2) is 0 Å². The molecule has 0 aliphatic heterocycles. The third kappa shape index (κ3) is 8.18. The minimum Gasteiger partial charge on any atom is -0.344 e. The Hall–Kier alpha value is -5.34. The normalized spacial score (nSPS) is 12.7. The van der Waals surface area contributed by atoms with Crippen molar-refractivity contribution in [2.75, 3.05) is 0 Å². The van der Waals surface area contributed by atoms with Gasteiger partial charge in [-0.1, -0.05) is 117 Å². The third-order valence-corrected chi connectivity index (χ3v) is 9.68.